The maximum absolute atomic E-state index is 11.8. The van der Waals surface area contributed by atoms with Gasteiger partial charge in [0.05, 0.1) is 18.4 Å². The summed E-state index contributed by atoms with van der Waals surface area (Å²) in [7, 11) is 2.83. The number of amides is 2. The predicted molar refractivity (Wildman–Crippen MR) is 73.2 cm³/mol. The molecule has 2 unspecified atom stereocenters. The van der Waals surface area contributed by atoms with Crippen LogP contribution in [0.1, 0.15) is 27.2 Å². The van der Waals surface area contributed by atoms with E-state index in [1.165, 1.54) is 12.0 Å². The second kappa shape index (κ2) is 7.72. The van der Waals surface area contributed by atoms with Crippen LogP contribution < -0.4 is 5.32 Å². The van der Waals surface area contributed by atoms with Crippen molar-refractivity contribution in [1.82, 2.24) is 10.2 Å². The Morgan fingerprint density at radius 2 is 1.95 bits per heavy atom. The number of hydrogen-bond donors (Lipinski definition) is 2. The summed E-state index contributed by atoms with van der Waals surface area (Å²) in [4.78, 5) is 35.6. The van der Waals surface area contributed by atoms with E-state index in [0.29, 0.717) is 6.42 Å². The van der Waals surface area contributed by atoms with Crippen LogP contribution in [0.4, 0.5) is 4.79 Å². The number of rotatable bonds is 7. The fourth-order valence-electron chi connectivity index (χ4n) is 1.53. The van der Waals surface area contributed by atoms with Crippen LogP contribution in [0.15, 0.2) is 0 Å². The van der Waals surface area contributed by atoms with Crippen LogP contribution >= 0.6 is 0 Å². The second-order valence-electron chi connectivity index (χ2n) is 5.18. The van der Waals surface area contributed by atoms with Crippen molar-refractivity contribution < 1.29 is 24.2 Å². The van der Waals surface area contributed by atoms with Gasteiger partial charge in [-0.3, -0.25) is 9.59 Å². The number of carbonyl (C=O) groups excluding carboxylic acids is 2. The zero-order valence-electron chi connectivity index (χ0n) is 12.7. The Labute approximate surface area is 119 Å². The normalized spacial score (nSPS) is 14.8. The summed E-state index contributed by atoms with van der Waals surface area (Å²) >= 11 is 0. The number of urea groups is 1. The van der Waals surface area contributed by atoms with E-state index in [1.54, 1.807) is 27.8 Å². The van der Waals surface area contributed by atoms with Gasteiger partial charge in [0.25, 0.3) is 0 Å². The lowest BCUT2D eigenvalue weighted by atomic mass is 9.88. The molecule has 0 saturated heterocycles. The Hall–Kier alpha value is -1.79. The fraction of sp³-hybridized carbons (Fsp3) is 0.769. The topological polar surface area (TPSA) is 95.9 Å². The number of nitrogens with one attached hydrogen (secondary N) is 1. The zero-order valence-corrected chi connectivity index (χ0v) is 12.7. The summed E-state index contributed by atoms with van der Waals surface area (Å²) in [6.07, 6.45) is 0.408. The summed E-state index contributed by atoms with van der Waals surface area (Å²) in [5.74, 6) is -1.78. The molecule has 0 aliphatic carbocycles. The maximum Gasteiger partial charge on any atom is 0.317 e. The van der Waals surface area contributed by atoms with Gasteiger partial charge in [0.1, 0.15) is 0 Å². The highest BCUT2D eigenvalue weighted by molar-refractivity contribution is 5.78. The van der Waals surface area contributed by atoms with Gasteiger partial charge < -0.3 is 20.1 Å². The molecule has 0 saturated carbocycles. The first-order chi connectivity index (χ1) is 9.17. The number of nitrogens with zero attached hydrogens (tertiary/aromatic N) is 1. The Kier molecular flexibility index (Phi) is 7.02. The Bertz CT molecular complexity index is 372. The monoisotopic (exact) mass is 288 g/mol. The maximum atomic E-state index is 11.8. The molecule has 0 fully saturated rings. The van der Waals surface area contributed by atoms with E-state index in [0.717, 1.165) is 0 Å². The Morgan fingerprint density at radius 1 is 1.40 bits per heavy atom. The first-order valence-corrected chi connectivity index (χ1v) is 6.48. The summed E-state index contributed by atoms with van der Waals surface area (Å²) < 4.78 is 4.58. The van der Waals surface area contributed by atoms with Gasteiger partial charge in [-0.2, -0.15) is 0 Å². The van der Waals surface area contributed by atoms with Crippen molar-refractivity contribution in [3.05, 3.63) is 0 Å². The van der Waals surface area contributed by atoms with Crippen molar-refractivity contribution in [2.75, 3.05) is 27.2 Å². The number of esters is 1. The molecule has 0 rings (SSSR count). The molecule has 2 N–H and O–H groups in total. The quantitative estimate of drug-likeness (QED) is 0.680. The molecule has 0 heterocycles. The SMILES string of the molecule is CCC(C)(CNC(=O)N(C)CC(C)C(=O)OC)C(=O)O. The van der Waals surface area contributed by atoms with Crippen molar-refractivity contribution in [3.63, 3.8) is 0 Å². The molecule has 116 valence electrons. The van der Waals surface area contributed by atoms with Gasteiger partial charge in [0.2, 0.25) is 0 Å². The van der Waals surface area contributed by atoms with E-state index in [2.05, 4.69) is 10.1 Å². The van der Waals surface area contributed by atoms with Gasteiger partial charge in [-0.15, -0.1) is 0 Å². The molecule has 0 aliphatic heterocycles. The first kappa shape index (κ1) is 18.2. The molecule has 0 aromatic rings. The molecule has 2 amide bonds. The van der Waals surface area contributed by atoms with E-state index in [-0.39, 0.29) is 13.1 Å². The fourth-order valence-corrected chi connectivity index (χ4v) is 1.53. The van der Waals surface area contributed by atoms with Crippen LogP contribution in [-0.4, -0.2) is 55.2 Å². The number of carbonyl (C=O) groups is 3. The smallest absolute Gasteiger partial charge is 0.317 e. The van der Waals surface area contributed by atoms with Gasteiger partial charge in [0.15, 0.2) is 0 Å². The van der Waals surface area contributed by atoms with E-state index in [9.17, 15) is 14.4 Å². The summed E-state index contributed by atoms with van der Waals surface area (Å²) in [5, 5.41) is 11.7. The highest BCUT2D eigenvalue weighted by Gasteiger charge is 2.32. The van der Waals surface area contributed by atoms with Crippen molar-refractivity contribution in [1.29, 1.82) is 0 Å². The van der Waals surface area contributed by atoms with Crippen LogP contribution in [0.2, 0.25) is 0 Å². The molecule has 0 spiro atoms. The number of aliphatic carboxylic acids is 1. The number of carboxylic acids is 1. The Balaban J connectivity index is 4.41. The molecule has 0 bridgehead atoms. The molecular weight excluding hydrogens is 264 g/mol. The average Bonchev–Trinajstić information content (AvgIpc) is 2.42. The number of carboxylic acid groups (broad SMARTS) is 1. The van der Waals surface area contributed by atoms with E-state index < -0.39 is 29.3 Å². The van der Waals surface area contributed by atoms with E-state index >= 15 is 0 Å². The van der Waals surface area contributed by atoms with Gasteiger partial charge in [-0.1, -0.05) is 13.8 Å². The zero-order chi connectivity index (χ0) is 15.9. The lowest BCUT2D eigenvalue weighted by Gasteiger charge is -2.26. The van der Waals surface area contributed by atoms with Gasteiger partial charge in [-0.25, -0.2) is 4.79 Å². The molecule has 0 radical (unpaired) electrons. The third-order valence-corrected chi connectivity index (χ3v) is 3.42. The summed E-state index contributed by atoms with van der Waals surface area (Å²) in [6.45, 7) is 5.22. The third kappa shape index (κ3) is 5.07. The molecule has 0 aliphatic rings. The van der Waals surface area contributed by atoms with Crippen molar-refractivity contribution in [2.24, 2.45) is 11.3 Å². The summed E-state index contributed by atoms with van der Waals surface area (Å²) in [5.41, 5.74) is -0.996. The van der Waals surface area contributed by atoms with Crippen molar-refractivity contribution >= 4 is 18.0 Å². The predicted octanol–water partition coefficient (Wildman–Crippen LogP) is 0.938. The minimum absolute atomic E-state index is 0.0363. The average molecular weight is 288 g/mol. The standard InChI is InChI=1S/C13H24N2O5/c1-6-13(3,11(17)18)8-14-12(19)15(4)7-9(2)10(16)20-5/h9H,6-8H2,1-5H3,(H,14,19)(H,17,18). The molecule has 2 atom stereocenters. The van der Waals surface area contributed by atoms with E-state index in [1.807, 2.05) is 0 Å². The molecule has 0 aromatic heterocycles. The molecule has 20 heavy (non-hydrogen) atoms. The van der Waals surface area contributed by atoms with Crippen LogP contribution in [0, 0.1) is 11.3 Å². The second-order valence-corrected chi connectivity index (χ2v) is 5.18. The first-order valence-electron chi connectivity index (χ1n) is 6.48. The summed E-state index contributed by atoms with van der Waals surface area (Å²) in [6, 6.07) is -0.415. The van der Waals surface area contributed by atoms with Crippen LogP contribution in [0.25, 0.3) is 0 Å². The highest BCUT2D eigenvalue weighted by Crippen LogP contribution is 2.19. The minimum Gasteiger partial charge on any atom is -0.481 e. The van der Waals surface area contributed by atoms with Crippen LogP contribution in [-0.2, 0) is 14.3 Å². The number of hydrogen-bond acceptors (Lipinski definition) is 4. The number of methoxy groups -OCH3 is 1. The van der Waals surface area contributed by atoms with Crippen LogP contribution in [0.5, 0.6) is 0 Å². The van der Waals surface area contributed by atoms with Crippen molar-refractivity contribution in [2.45, 2.75) is 27.2 Å². The van der Waals surface area contributed by atoms with Gasteiger partial charge >= 0.3 is 18.0 Å². The molecular formula is C13H24N2O5. The molecule has 7 heteroatoms. The Morgan fingerprint density at radius 3 is 2.35 bits per heavy atom. The third-order valence-electron chi connectivity index (χ3n) is 3.42. The lowest BCUT2D eigenvalue weighted by Crippen LogP contribution is -2.46. The van der Waals surface area contributed by atoms with E-state index in [4.69, 9.17) is 5.11 Å². The molecule has 7 nitrogen and oxygen atoms in total. The minimum atomic E-state index is -0.996. The van der Waals surface area contributed by atoms with Gasteiger partial charge in [-0.05, 0) is 13.3 Å². The highest BCUT2D eigenvalue weighted by atomic mass is 16.5. The van der Waals surface area contributed by atoms with Crippen LogP contribution in [0.3, 0.4) is 0 Å². The molecule has 0 aromatic carbocycles. The number of ether oxygens (including phenoxy) is 1. The van der Waals surface area contributed by atoms with Crippen molar-refractivity contribution in [3.8, 4) is 0 Å². The lowest BCUT2D eigenvalue weighted by molar-refractivity contribution is -0.147. The van der Waals surface area contributed by atoms with Gasteiger partial charge in [0, 0.05) is 20.1 Å². The largest absolute Gasteiger partial charge is 0.481 e.